The van der Waals surface area contributed by atoms with Crippen molar-refractivity contribution in [3.63, 3.8) is 0 Å². The Kier molecular flexibility index (Phi) is 3.76. The quantitative estimate of drug-likeness (QED) is 0.813. The van der Waals surface area contributed by atoms with Crippen LogP contribution in [0.25, 0.3) is 0 Å². The molecular formula is C13H18N2O2. The van der Waals surface area contributed by atoms with Crippen LogP contribution in [0.2, 0.25) is 0 Å². The van der Waals surface area contributed by atoms with E-state index in [9.17, 15) is 4.79 Å². The molecule has 1 aromatic carbocycles. The average Bonchev–Trinajstić information content (AvgIpc) is 2.51. The van der Waals surface area contributed by atoms with Gasteiger partial charge in [0.15, 0.2) is 0 Å². The third kappa shape index (κ3) is 2.65. The molecule has 4 nitrogen and oxygen atoms in total. The van der Waals surface area contributed by atoms with Crippen LogP contribution in [0, 0.1) is 0 Å². The van der Waals surface area contributed by atoms with Gasteiger partial charge in [-0.1, -0.05) is 24.3 Å². The van der Waals surface area contributed by atoms with Gasteiger partial charge in [0.05, 0.1) is 0 Å². The van der Waals surface area contributed by atoms with Crippen molar-refractivity contribution in [2.45, 2.75) is 25.4 Å². The highest BCUT2D eigenvalue weighted by atomic mass is 16.4. The lowest BCUT2D eigenvalue weighted by molar-refractivity contribution is -0.143. The highest BCUT2D eigenvalue weighted by molar-refractivity contribution is 5.73. The fourth-order valence-corrected chi connectivity index (χ4v) is 2.40. The Morgan fingerprint density at radius 3 is 2.76 bits per heavy atom. The second kappa shape index (κ2) is 5.29. The van der Waals surface area contributed by atoms with Crippen molar-refractivity contribution in [3.05, 3.63) is 35.4 Å². The van der Waals surface area contributed by atoms with Gasteiger partial charge in [0.1, 0.15) is 6.04 Å². The van der Waals surface area contributed by atoms with Gasteiger partial charge in [0, 0.05) is 13.1 Å². The standard InChI is InChI=1S/C13H18N2O2/c14-8-12(13(16)17)15-7-3-6-10-4-1-2-5-11(10)9-15/h1-2,4-5,12H,3,6-9,14H2,(H,16,17). The van der Waals surface area contributed by atoms with Crippen molar-refractivity contribution in [1.82, 2.24) is 4.90 Å². The minimum absolute atomic E-state index is 0.164. The number of hydrogen-bond donors (Lipinski definition) is 2. The Morgan fingerprint density at radius 2 is 2.12 bits per heavy atom. The molecule has 0 bridgehead atoms. The molecule has 1 aliphatic heterocycles. The van der Waals surface area contributed by atoms with E-state index in [2.05, 4.69) is 12.1 Å². The molecule has 0 radical (unpaired) electrons. The monoisotopic (exact) mass is 234 g/mol. The summed E-state index contributed by atoms with van der Waals surface area (Å²) in [5.41, 5.74) is 8.11. The van der Waals surface area contributed by atoms with E-state index in [4.69, 9.17) is 10.8 Å². The largest absolute Gasteiger partial charge is 0.480 e. The number of nitrogens with zero attached hydrogens (tertiary/aromatic N) is 1. The third-order valence-corrected chi connectivity index (χ3v) is 3.33. The van der Waals surface area contributed by atoms with Crippen LogP contribution in [0.15, 0.2) is 24.3 Å². The van der Waals surface area contributed by atoms with Crippen LogP contribution >= 0.6 is 0 Å². The maximum atomic E-state index is 11.1. The molecule has 0 aromatic heterocycles. The number of aliphatic carboxylic acids is 1. The highest BCUT2D eigenvalue weighted by Gasteiger charge is 2.25. The predicted molar refractivity (Wildman–Crippen MR) is 65.7 cm³/mol. The van der Waals surface area contributed by atoms with E-state index in [-0.39, 0.29) is 6.54 Å². The van der Waals surface area contributed by atoms with Gasteiger partial charge >= 0.3 is 5.97 Å². The molecule has 1 aliphatic rings. The lowest BCUT2D eigenvalue weighted by Crippen LogP contribution is -2.45. The molecule has 0 fully saturated rings. The molecule has 1 atom stereocenters. The van der Waals surface area contributed by atoms with Crippen molar-refractivity contribution < 1.29 is 9.90 Å². The maximum Gasteiger partial charge on any atom is 0.322 e. The summed E-state index contributed by atoms with van der Waals surface area (Å²) in [5.74, 6) is -0.827. The van der Waals surface area contributed by atoms with Crippen LogP contribution in [-0.2, 0) is 17.8 Å². The molecule has 2 rings (SSSR count). The minimum atomic E-state index is -0.827. The van der Waals surface area contributed by atoms with E-state index in [0.29, 0.717) is 6.54 Å². The molecule has 92 valence electrons. The van der Waals surface area contributed by atoms with Crippen molar-refractivity contribution in [2.75, 3.05) is 13.1 Å². The van der Waals surface area contributed by atoms with Crippen LogP contribution in [0.4, 0.5) is 0 Å². The molecule has 17 heavy (non-hydrogen) atoms. The smallest absolute Gasteiger partial charge is 0.322 e. The summed E-state index contributed by atoms with van der Waals surface area (Å²) in [6.45, 7) is 1.64. The van der Waals surface area contributed by atoms with Gasteiger partial charge in [-0.25, -0.2) is 0 Å². The number of aryl methyl sites for hydroxylation is 1. The van der Waals surface area contributed by atoms with E-state index in [0.717, 1.165) is 19.4 Å². The van der Waals surface area contributed by atoms with E-state index in [1.54, 1.807) is 0 Å². The van der Waals surface area contributed by atoms with Crippen LogP contribution in [0.3, 0.4) is 0 Å². The number of carboxylic acids is 1. The number of fused-ring (bicyclic) bond motifs is 1. The summed E-state index contributed by atoms with van der Waals surface area (Å²) in [6, 6.07) is 7.66. The Hall–Kier alpha value is -1.39. The third-order valence-electron chi connectivity index (χ3n) is 3.33. The van der Waals surface area contributed by atoms with E-state index in [1.165, 1.54) is 11.1 Å². The molecule has 0 saturated carbocycles. The number of carboxylic acid groups (broad SMARTS) is 1. The van der Waals surface area contributed by atoms with Crippen LogP contribution in [-0.4, -0.2) is 35.1 Å². The summed E-state index contributed by atoms with van der Waals surface area (Å²) >= 11 is 0. The maximum absolute atomic E-state index is 11.1. The number of benzene rings is 1. The zero-order valence-electron chi connectivity index (χ0n) is 9.80. The zero-order chi connectivity index (χ0) is 12.3. The highest BCUT2D eigenvalue weighted by Crippen LogP contribution is 2.19. The van der Waals surface area contributed by atoms with Gasteiger partial charge in [-0.3, -0.25) is 9.69 Å². The molecule has 0 amide bonds. The summed E-state index contributed by atoms with van der Waals surface area (Å²) in [6.07, 6.45) is 2.00. The van der Waals surface area contributed by atoms with Crippen molar-refractivity contribution in [1.29, 1.82) is 0 Å². The predicted octanol–water partition coefficient (Wildman–Crippen LogP) is 0.847. The fourth-order valence-electron chi connectivity index (χ4n) is 2.40. The first-order valence-corrected chi connectivity index (χ1v) is 5.96. The molecule has 0 saturated heterocycles. The van der Waals surface area contributed by atoms with Crippen LogP contribution in [0.1, 0.15) is 17.5 Å². The number of hydrogen-bond acceptors (Lipinski definition) is 3. The molecule has 1 heterocycles. The van der Waals surface area contributed by atoms with Crippen molar-refractivity contribution in [2.24, 2.45) is 5.73 Å². The van der Waals surface area contributed by atoms with Gasteiger partial charge in [0.25, 0.3) is 0 Å². The summed E-state index contributed by atoms with van der Waals surface area (Å²) in [4.78, 5) is 13.1. The number of rotatable bonds is 3. The van der Waals surface area contributed by atoms with Gasteiger partial charge < -0.3 is 10.8 Å². The molecule has 0 spiro atoms. The van der Waals surface area contributed by atoms with Gasteiger partial charge in [-0.2, -0.15) is 0 Å². The first kappa shape index (κ1) is 12.1. The van der Waals surface area contributed by atoms with Gasteiger partial charge in [-0.15, -0.1) is 0 Å². The number of carbonyl (C=O) groups is 1. The van der Waals surface area contributed by atoms with E-state index in [1.807, 2.05) is 17.0 Å². The Labute approximate surface area is 101 Å². The lowest BCUT2D eigenvalue weighted by Gasteiger charge is -2.26. The van der Waals surface area contributed by atoms with E-state index < -0.39 is 12.0 Å². The van der Waals surface area contributed by atoms with Crippen LogP contribution < -0.4 is 5.73 Å². The molecule has 1 unspecified atom stereocenters. The summed E-state index contributed by atoms with van der Waals surface area (Å²) in [7, 11) is 0. The fraction of sp³-hybridized carbons (Fsp3) is 0.462. The topological polar surface area (TPSA) is 66.6 Å². The summed E-state index contributed by atoms with van der Waals surface area (Å²) in [5, 5.41) is 9.14. The molecule has 1 aromatic rings. The van der Waals surface area contributed by atoms with Gasteiger partial charge in [-0.05, 0) is 30.5 Å². The molecule has 4 heteroatoms. The van der Waals surface area contributed by atoms with E-state index >= 15 is 0 Å². The molecular weight excluding hydrogens is 216 g/mol. The second-order valence-corrected chi connectivity index (χ2v) is 4.43. The Bertz CT molecular complexity index is 406. The lowest BCUT2D eigenvalue weighted by atomic mass is 10.0. The van der Waals surface area contributed by atoms with Gasteiger partial charge in [0.2, 0.25) is 0 Å². The molecule has 3 N–H and O–H groups in total. The minimum Gasteiger partial charge on any atom is -0.480 e. The first-order chi connectivity index (χ1) is 8.22. The average molecular weight is 234 g/mol. The zero-order valence-corrected chi connectivity index (χ0v) is 9.80. The number of nitrogens with two attached hydrogens (primary N) is 1. The Morgan fingerprint density at radius 1 is 1.41 bits per heavy atom. The Balaban J connectivity index is 2.20. The van der Waals surface area contributed by atoms with Crippen LogP contribution in [0.5, 0.6) is 0 Å². The second-order valence-electron chi connectivity index (χ2n) is 4.43. The SMILES string of the molecule is NCC(C(=O)O)N1CCCc2ccccc2C1. The molecule has 0 aliphatic carbocycles. The van der Waals surface area contributed by atoms with Crippen molar-refractivity contribution in [3.8, 4) is 0 Å². The first-order valence-electron chi connectivity index (χ1n) is 5.96. The summed E-state index contributed by atoms with van der Waals surface area (Å²) < 4.78 is 0. The van der Waals surface area contributed by atoms with Crippen molar-refractivity contribution >= 4 is 5.97 Å². The normalized spacial score (nSPS) is 18.2.